The third-order valence-corrected chi connectivity index (χ3v) is 4.78. The Morgan fingerprint density at radius 1 is 1.23 bits per heavy atom. The van der Waals surface area contributed by atoms with Crippen molar-refractivity contribution in [1.29, 1.82) is 0 Å². The maximum absolute atomic E-state index is 13.0. The van der Waals surface area contributed by atoms with E-state index in [4.69, 9.17) is 9.40 Å². The first kappa shape index (κ1) is 15.1. The van der Waals surface area contributed by atoms with Gasteiger partial charge in [-0.2, -0.15) is 0 Å². The molecule has 0 unspecified atom stereocenters. The summed E-state index contributed by atoms with van der Waals surface area (Å²) in [6.07, 6.45) is 5.97. The Morgan fingerprint density at radius 2 is 2.12 bits per heavy atom. The number of fused-ring (bicyclic) bond motifs is 2. The molecule has 5 heterocycles. The Bertz CT molecular complexity index is 1110. The van der Waals surface area contributed by atoms with Crippen LogP contribution < -0.4 is 5.56 Å². The summed E-state index contributed by atoms with van der Waals surface area (Å²) in [4.78, 5) is 24.0. The number of furan rings is 1. The molecule has 26 heavy (non-hydrogen) atoms. The first-order chi connectivity index (χ1) is 12.8. The molecule has 0 radical (unpaired) electrons. The number of nitrogens with zero attached hydrogens (tertiary/aromatic N) is 4. The van der Waals surface area contributed by atoms with Gasteiger partial charge in [-0.15, -0.1) is 0 Å². The van der Waals surface area contributed by atoms with Gasteiger partial charge in [-0.3, -0.25) is 19.8 Å². The molecule has 1 aliphatic rings. The predicted molar refractivity (Wildman–Crippen MR) is 95.6 cm³/mol. The molecule has 5 rings (SSSR count). The lowest BCUT2D eigenvalue weighted by atomic mass is 10.1. The smallest absolute Gasteiger partial charge is 0.277 e. The van der Waals surface area contributed by atoms with Gasteiger partial charge in [0.2, 0.25) is 0 Å². The van der Waals surface area contributed by atoms with Crippen LogP contribution in [-0.4, -0.2) is 31.0 Å². The maximum Gasteiger partial charge on any atom is 0.277 e. The van der Waals surface area contributed by atoms with Crippen molar-refractivity contribution < 1.29 is 4.42 Å². The quantitative estimate of drug-likeness (QED) is 0.615. The van der Waals surface area contributed by atoms with Crippen LogP contribution in [0, 0.1) is 0 Å². The molecule has 130 valence electrons. The number of H-pyrrole nitrogens is 1. The minimum Gasteiger partial charge on any atom is -0.463 e. The van der Waals surface area contributed by atoms with Crippen molar-refractivity contribution in [2.45, 2.75) is 19.5 Å². The lowest BCUT2D eigenvalue weighted by Gasteiger charge is -2.27. The molecule has 7 nitrogen and oxygen atoms in total. The van der Waals surface area contributed by atoms with Crippen molar-refractivity contribution in [3.05, 3.63) is 76.2 Å². The molecule has 0 fully saturated rings. The predicted octanol–water partition coefficient (Wildman–Crippen LogP) is 2.24. The molecule has 0 saturated heterocycles. The number of hydrogen-bond acceptors (Lipinski definition) is 5. The van der Waals surface area contributed by atoms with Gasteiger partial charge in [0.1, 0.15) is 5.69 Å². The summed E-state index contributed by atoms with van der Waals surface area (Å²) in [7, 11) is 0. The monoisotopic (exact) mass is 347 g/mol. The van der Waals surface area contributed by atoms with Gasteiger partial charge in [-0.25, -0.2) is 9.50 Å². The molecular weight excluding hydrogens is 330 g/mol. The number of nitrogens with one attached hydrogen (secondary N) is 1. The summed E-state index contributed by atoms with van der Waals surface area (Å²) in [6, 6.07) is 9.53. The van der Waals surface area contributed by atoms with Gasteiger partial charge in [-0.1, -0.05) is 0 Å². The molecule has 7 heteroatoms. The number of aromatic amines is 1. The minimum absolute atomic E-state index is 0.0396. The number of hydrogen-bond donors (Lipinski definition) is 1. The fraction of sp³-hybridized carbons (Fsp3) is 0.211. The van der Waals surface area contributed by atoms with Crippen molar-refractivity contribution in [2.24, 2.45) is 0 Å². The zero-order chi connectivity index (χ0) is 17.5. The van der Waals surface area contributed by atoms with Crippen LogP contribution in [0.25, 0.3) is 17.1 Å². The highest BCUT2D eigenvalue weighted by Crippen LogP contribution is 2.21. The third kappa shape index (κ3) is 2.53. The summed E-state index contributed by atoms with van der Waals surface area (Å²) in [6.45, 7) is 2.28. The average Bonchev–Trinajstić information content (AvgIpc) is 3.33. The largest absolute Gasteiger partial charge is 0.463 e. The molecule has 4 aromatic heterocycles. The van der Waals surface area contributed by atoms with Crippen molar-refractivity contribution >= 4 is 5.65 Å². The maximum atomic E-state index is 13.0. The fourth-order valence-electron chi connectivity index (χ4n) is 3.48. The zero-order valence-electron chi connectivity index (χ0n) is 14.1. The topological polar surface area (TPSA) is 79.4 Å². The first-order valence-electron chi connectivity index (χ1n) is 8.56. The molecule has 1 aliphatic heterocycles. The molecule has 0 bridgehead atoms. The molecule has 0 aromatic carbocycles. The Morgan fingerprint density at radius 3 is 2.92 bits per heavy atom. The van der Waals surface area contributed by atoms with E-state index in [1.165, 1.54) is 10.1 Å². The molecule has 0 amide bonds. The summed E-state index contributed by atoms with van der Waals surface area (Å²) in [5, 5.41) is 3.10. The Balaban J connectivity index is 1.50. The van der Waals surface area contributed by atoms with Crippen LogP contribution in [0.5, 0.6) is 0 Å². The summed E-state index contributed by atoms with van der Waals surface area (Å²) in [5.41, 5.74) is 4.18. The first-order valence-corrected chi connectivity index (χ1v) is 8.56. The van der Waals surface area contributed by atoms with E-state index >= 15 is 0 Å². The summed E-state index contributed by atoms with van der Waals surface area (Å²) >= 11 is 0. The van der Waals surface area contributed by atoms with E-state index in [0.717, 1.165) is 36.5 Å². The van der Waals surface area contributed by atoms with Gasteiger partial charge in [0.05, 0.1) is 17.5 Å². The van der Waals surface area contributed by atoms with Crippen LogP contribution in [0.1, 0.15) is 16.8 Å². The van der Waals surface area contributed by atoms with Crippen LogP contribution in [0.4, 0.5) is 0 Å². The van der Waals surface area contributed by atoms with Gasteiger partial charge in [0.25, 0.3) is 5.56 Å². The van der Waals surface area contributed by atoms with Crippen LogP contribution in [0.2, 0.25) is 0 Å². The highest BCUT2D eigenvalue weighted by atomic mass is 16.3. The highest BCUT2D eigenvalue weighted by molar-refractivity contribution is 5.59. The Labute approximate surface area is 148 Å². The zero-order valence-corrected chi connectivity index (χ0v) is 14.1. The average molecular weight is 347 g/mol. The SMILES string of the molecule is O=c1c2c(nc3cc(-c4ccco4)[nH]n13)CCN(Cc1ccncc1)C2. The van der Waals surface area contributed by atoms with Gasteiger partial charge < -0.3 is 4.42 Å². The van der Waals surface area contributed by atoms with E-state index in [1.54, 1.807) is 18.7 Å². The molecule has 0 spiro atoms. The summed E-state index contributed by atoms with van der Waals surface area (Å²) < 4.78 is 6.92. The lowest BCUT2D eigenvalue weighted by molar-refractivity contribution is 0.241. The van der Waals surface area contributed by atoms with Crippen LogP contribution in [0.15, 0.2) is 58.2 Å². The summed E-state index contributed by atoms with van der Waals surface area (Å²) in [5.74, 6) is 0.687. The van der Waals surface area contributed by atoms with E-state index in [2.05, 4.69) is 15.0 Å². The van der Waals surface area contributed by atoms with E-state index in [-0.39, 0.29) is 5.56 Å². The number of rotatable bonds is 3. The Kier molecular flexibility index (Phi) is 3.46. The van der Waals surface area contributed by atoms with Crippen molar-refractivity contribution in [2.75, 3.05) is 6.54 Å². The molecule has 0 aliphatic carbocycles. The minimum atomic E-state index is -0.0396. The van der Waals surface area contributed by atoms with E-state index in [1.807, 2.05) is 30.3 Å². The van der Waals surface area contributed by atoms with E-state index in [9.17, 15) is 4.79 Å². The van der Waals surface area contributed by atoms with Gasteiger partial charge in [0.15, 0.2) is 11.4 Å². The second kappa shape index (κ2) is 5.96. The van der Waals surface area contributed by atoms with Gasteiger partial charge >= 0.3 is 0 Å². The highest BCUT2D eigenvalue weighted by Gasteiger charge is 2.23. The molecule has 0 atom stereocenters. The van der Waals surface area contributed by atoms with Crippen molar-refractivity contribution in [3.8, 4) is 11.5 Å². The second-order valence-corrected chi connectivity index (χ2v) is 6.50. The van der Waals surface area contributed by atoms with Crippen molar-refractivity contribution in [1.82, 2.24) is 24.5 Å². The molecule has 0 saturated carbocycles. The normalized spacial score (nSPS) is 14.6. The van der Waals surface area contributed by atoms with E-state index < -0.39 is 0 Å². The number of aromatic nitrogens is 4. The lowest BCUT2D eigenvalue weighted by Crippen LogP contribution is -2.36. The van der Waals surface area contributed by atoms with Crippen LogP contribution >= 0.6 is 0 Å². The molecule has 1 N–H and O–H groups in total. The van der Waals surface area contributed by atoms with Crippen LogP contribution in [0.3, 0.4) is 0 Å². The van der Waals surface area contributed by atoms with Crippen molar-refractivity contribution in [3.63, 3.8) is 0 Å². The van der Waals surface area contributed by atoms with Crippen LogP contribution in [-0.2, 0) is 19.5 Å². The number of pyridine rings is 1. The Hall–Kier alpha value is -3.19. The van der Waals surface area contributed by atoms with Gasteiger partial charge in [0, 0.05) is 44.5 Å². The molecular formula is C19H17N5O2. The standard InChI is InChI=1S/C19H17N5O2/c25-19-14-12-23(11-13-3-6-20-7-4-13)8-5-15(14)21-18-10-16(22-24(18)19)17-2-1-9-26-17/h1-4,6-7,9-10,22H,5,8,11-12H2. The fourth-order valence-corrected chi connectivity index (χ4v) is 3.48. The van der Waals surface area contributed by atoms with E-state index in [0.29, 0.717) is 18.0 Å². The van der Waals surface area contributed by atoms with Gasteiger partial charge in [-0.05, 0) is 29.8 Å². The second-order valence-electron chi connectivity index (χ2n) is 6.50. The molecule has 4 aromatic rings. The third-order valence-electron chi connectivity index (χ3n) is 4.78.